The van der Waals surface area contributed by atoms with Crippen molar-refractivity contribution in [1.29, 1.82) is 0 Å². The van der Waals surface area contributed by atoms with Gasteiger partial charge in [-0.25, -0.2) is 0 Å². The molecule has 0 spiro atoms. The van der Waals surface area contributed by atoms with E-state index in [2.05, 4.69) is 10.3 Å². The molecule has 156 valence electrons. The second-order valence-corrected chi connectivity index (χ2v) is 7.72. The van der Waals surface area contributed by atoms with Crippen LogP contribution in [0.3, 0.4) is 0 Å². The number of carbonyl (C=O) groups is 2. The summed E-state index contributed by atoms with van der Waals surface area (Å²) < 4.78 is 0. The molecule has 28 heavy (non-hydrogen) atoms. The molecule has 1 aromatic rings. The van der Waals surface area contributed by atoms with Gasteiger partial charge in [0.05, 0.1) is 18.5 Å². The molecule has 1 aliphatic heterocycles. The molecule has 2 rings (SSSR count). The average Bonchev–Trinajstić information content (AvgIpc) is 2.62. The number of nitrogens with zero attached hydrogens (tertiary/aromatic N) is 3. The van der Waals surface area contributed by atoms with Crippen LogP contribution >= 0.6 is 35.6 Å². The van der Waals surface area contributed by atoms with Gasteiger partial charge < -0.3 is 20.9 Å². The van der Waals surface area contributed by atoms with Crippen molar-refractivity contribution in [2.45, 2.75) is 27.3 Å². The molecule has 0 radical (unpaired) electrons. The van der Waals surface area contributed by atoms with Crippen molar-refractivity contribution in [3.05, 3.63) is 34.9 Å². The molecule has 0 atom stereocenters. The van der Waals surface area contributed by atoms with Gasteiger partial charge in [-0.1, -0.05) is 23.7 Å². The van der Waals surface area contributed by atoms with Crippen molar-refractivity contribution in [1.82, 2.24) is 15.1 Å². The number of carbonyl (C=O) groups excluding carboxylic acids is 2. The summed E-state index contributed by atoms with van der Waals surface area (Å²) in [5, 5.41) is 3.87. The lowest BCUT2D eigenvalue weighted by Gasteiger charge is -2.36. The minimum atomic E-state index is -0.735. The molecule has 0 aromatic heterocycles. The highest BCUT2D eigenvalue weighted by Gasteiger charge is 2.28. The summed E-state index contributed by atoms with van der Waals surface area (Å²) >= 11 is 5.91. The van der Waals surface area contributed by atoms with Gasteiger partial charge in [-0.3, -0.25) is 14.6 Å². The number of halogens is 2. The van der Waals surface area contributed by atoms with Gasteiger partial charge in [-0.15, -0.1) is 24.0 Å². The van der Waals surface area contributed by atoms with Gasteiger partial charge in [0, 0.05) is 31.2 Å². The van der Waals surface area contributed by atoms with Crippen molar-refractivity contribution < 1.29 is 9.59 Å². The van der Waals surface area contributed by atoms with E-state index in [9.17, 15) is 9.59 Å². The predicted molar refractivity (Wildman–Crippen MR) is 123 cm³/mol. The molecule has 1 saturated heterocycles. The Morgan fingerprint density at radius 1 is 1.29 bits per heavy atom. The SMILES string of the molecule is CCNC(=NCC(C)(C)C(N)=O)N1CCN(Cc2ccc(Cl)cc2)C(=O)C1.I. The first-order valence-electron chi connectivity index (χ1n) is 9.08. The largest absolute Gasteiger partial charge is 0.369 e. The maximum absolute atomic E-state index is 12.6. The standard InChI is InChI=1S/C19H28ClN5O2.HI/c1-4-22-18(23-13-19(2,3)17(21)27)25-10-9-24(16(26)12-25)11-14-5-7-15(20)8-6-14;/h5-8H,4,9-13H2,1-3H3,(H2,21,27)(H,22,23);1H. The van der Waals surface area contributed by atoms with E-state index >= 15 is 0 Å². The van der Waals surface area contributed by atoms with Crippen molar-refractivity contribution in [2.75, 3.05) is 32.7 Å². The second-order valence-electron chi connectivity index (χ2n) is 7.28. The van der Waals surface area contributed by atoms with Crippen molar-refractivity contribution in [2.24, 2.45) is 16.1 Å². The van der Waals surface area contributed by atoms with E-state index in [1.807, 2.05) is 41.0 Å². The molecule has 0 aliphatic carbocycles. The first-order chi connectivity index (χ1) is 12.7. The summed E-state index contributed by atoms with van der Waals surface area (Å²) in [4.78, 5) is 32.4. The van der Waals surface area contributed by atoms with Crippen LogP contribution in [0.4, 0.5) is 0 Å². The summed E-state index contributed by atoms with van der Waals surface area (Å²) in [5.41, 5.74) is 5.73. The van der Waals surface area contributed by atoms with Gasteiger partial charge in [0.1, 0.15) is 0 Å². The minimum absolute atomic E-state index is 0. The average molecular weight is 522 g/mol. The molecule has 2 amide bonds. The first kappa shape index (κ1) is 24.5. The van der Waals surface area contributed by atoms with Crippen LogP contribution in [0.5, 0.6) is 0 Å². The normalized spacial score (nSPS) is 15.3. The molecule has 0 unspecified atom stereocenters. The maximum Gasteiger partial charge on any atom is 0.242 e. The molecule has 3 N–H and O–H groups in total. The van der Waals surface area contributed by atoms with Crippen molar-refractivity contribution >= 4 is 53.4 Å². The number of hydrogen-bond donors (Lipinski definition) is 2. The Kier molecular flexibility index (Phi) is 9.49. The number of rotatable bonds is 6. The Morgan fingerprint density at radius 2 is 1.93 bits per heavy atom. The number of aliphatic imine (C=N–C) groups is 1. The zero-order valence-corrected chi connectivity index (χ0v) is 19.7. The summed E-state index contributed by atoms with van der Waals surface area (Å²) in [6.45, 7) is 8.51. The highest BCUT2D eigenvalue weighted by molar-refractivity contribution is 14.0. The molecular formula is C19H29ClIN5O2. The smallest absolute Gasteiger partial charge is 0.242 e. The Hall–Kier alpha value is -1.55. The van der Waals surface area contributed by atoms with Crippen LogP contribution in [0.2, 0.25) is 5.02 Å². The number of primary amides is 1. The van der Waals surface area contributed by atoms with Crippen LogP contribution in [0.1, 0.15) is 26.3 Å². The molecular weight excluding hydrogens is 493 g/mol. The van der Waals surface area contributed by atoms with E-state index in [0.717, 1.165) is 5.56 Å². The van der Waals surface area contributed by atoms with Gasteiger partial charge in [0.15, 0.2) is 5.96 Å². The van der Waals surface area contributed by atoms with Crippen molar-refractivity contribution in [3.63, 3.8) is 0 Å². The van der Waals surface area contributed by atoms with Crippen LogP contribution in [0, 0.1) is 5.41 Å². The van der Waals surface area contributed by atoms with Crippen LogP contribution in [0.25, 0.3) is 0 Å². The number of benzene rings is 1. The third-order valence-electron chi connectivity index (χ3n) is 4.53. The third-order valence-corrected chi connectivity index (χ3v) is 4.78. The zero-order valence-electron chi connectivity index (χ0n) is 16.6. The summed E-state index contributed by atoms with van der Waals surface area (Å²) in [6.07, 6.45) is 0. The topological polar surface area (TPSA) is 91.0 Å². The Bertz CT molecular complexity index is 709. The highest BCUT2D eigenvalue weighted by Crippen LogP contribution is 2.16. The van der Waals surface area contributed by atoms with Gasteiger partial charge in [-0.2, -0.15) is 0 Å². The van der Waals surface area contributed by atoms with E-state index in [4.69, 9.17) is 17.3 Å². The van der Waals surface area contributed by atoms with Crippen molar-refractivity contribution in [3.8, 4) is 0 Å². The molecule has 7 nitrogen and oxygen atoms in total. The zero-order chi connectivity index (χ0) is 20.0. The molecule has 0 saturated carbocycles. The van der Waals surface area contributed by atoms with Gasteiger partial charge in [0.25, 0.3) is 0 Å². The first-order valence-corrected chi connectivity index (χ1v) is 9.46. The fraction of sp³-hybridized carbons (Fsp3) is 0.526. The summed E-state index contributed by atoms with van der Waals surface area (Å²) in [6, 6.07) is 7.51. The Balaban J connectivity index is 0.00000392. The lowest BCUT2D eigenvalue weighted by molar-refractivity contribution is -0.135. The third kappa shape index (κ3) is 6.80. The van der Waals surface area contributed by atoms with Gasteiger partial charge in [-0.05, 0) is 38.5 Å². The molecule has 0 bridgehead atoms. The van der Waals surface area contributed by atoms with Crippen LogP contribution in [-0.4, -0.2) is 60.3 Å². The lowest BCUT2D eigenvalue weighted by Crippen LogP contribution is -2.55. The molecule has 1 aromatic carbocycles. The van der Waals surface area contributed by atoms with Crippen LogP contribution in [-0.2, 0) is 16.1 Å². The Labute approximate surface area is 188 Å². The van der Waals surface area contributed by atoms with Gasteiger partial charge in [0.2, 0.25) is 11.8 Å². The molecule has 1 heterocycles. The predicted octanol–water partition coefficient (Wildman–Crippen LogP) is 2.08. The van der Waals surface area contributed by atoms with Crippen LogP contribution in [0.15, 0.2) is 29.3 Å². The number of nitrogens with one attached hydrogen (secondary N) is 1. The fourth-order valence-corrected chi connectivity index (χ4v) is 2.77. The number of amides is 2. The fourth-order valence-electron chi connectivity index (χ4n) is 2.64. The molecule has 1 aliphatic rings. The lowest BCUT2D eigenvalue weighted by atomic mass is 9.93. The van der Waals surface area contributed by atoms with E-state index in [0.29, 0.717) is 37.2 Å². The number of hydrogen-bond acceptors (Lipinski definition) is 3. The van der Waals surface area contributed by atoms with E-state index in [-0.39, 0.29) is 43.0 Å². The minimum Gasteiger partial charge on any atom is -0.369 e. The number of piperazine rings is 1. The highest BCUT2D eigenvalue weighted by atomic mass is 127. The summed E-state index contributed by atoms with van der Waals surface area (Å²) in [7, 11) is 0. The van der Waals surface area contributed by atoms with E-state index < -0.39 is 11.3 Å². The quantitative estimate of drug-likeness (QED) is 0.341. The molecule has 1 fully saturated rings. The second kappa shape index (κ2) is 10.8. The van der Waals surface area contributed by atoms with E-state index in [1.54, 1.807) is 13.8 Å². The number of guanidine groups is 1. The molecule has 9 heteroatoms. The monoisotopic (exact) mass is 521 g/mol. The summed E-state index contributed by atoms with van der Waals surface area (Å²) in [5.74, 6) is 0.272. The van der Waals surface area contributed by atoms with E-state index in [1.165, 1.54) is 0 Å². The number of nitrogens with two attached hydrogens (primary N) is 1. The van der Waals surface area contributed by atoms with Gasteiger partial charge >= 0.3 is 0 Å². The maximum atomic E-state index is 12.6. The van der Waals surface area contributed by atoms with Crippen LogP contribution < -0.4 is 11.1 Å². The Morgan fingerprint density at radius 3 is 2.46 bits per heavy atom.